The summed E-state index contributed by atoms with van der Waals surface area (Å²) in [6.45, 7) is 0. The summed E-state index contributed by atoms with van der Waals surface area (Å²) in [7, 11) is 0. The predicted octanol–water partition coefficient (Wildman–Crippen LogP) is 4.54. The second-order valence-corrected chi connectivity index (χ2v) is 7.14. The molecule has 0 saturated heterocycles. The quantitative estimate of drug-likeness (QED) is 0.801. The molecule has 21 heavy (non-hydrogen) atoms. The van der Waals surface area contributed by atoms with Gasteiger partial charge in [-0.05, 0) is 53.5 Å². The van der Waals surface area contributed by atoms with E-state index in [-0.39, 0.29) is 5.92 Å². The van der Waals surface area contributed by atoms with E-state index in [0.29, 0.717) is 24.0 Å². The van der Waals surface area contributed by atoms with Crippen LogP contribution in [-0.4, -0.2) is 5.78 Å². The predicted molar refractivity (Wildman–Crippen MR) is 87.3 cm³/mol. The van der Waals surface area contributed by atoms with Crippen LogP contribution < -0.4 is 0 Å². The highest BCUT2D eigenvalue weighted by Gasteiger charge is 2.56. The zero-order valence-electron chi connectivity index (χ0n) is 11.8. The first-order valence-corrected chi connectivity index (χ1v) is 8.38. The number of carbonyl (C=O) groups is 1. The second kappa shape index (κ2) is 5.10. The zero-order chi connectivity index (χ0) is 14.4. The fourth-order valence-electron chi connectivity index (χ4n) is 3.93. The summed E-state index contributed by atoms with van der Waals surface area (Å²) in [5.41, 5.74) is 4.01. The van der Waals surface area contributed by atoms with Crippen molar-refractivity contribution >= 4 is 21.7 Å². The maximum absolute atomic E-state index is 12.6. The minimum atomic E-state index is 0.261. The molecule has 0 bridgehead atoms. The summed E-state index contributed by atoms with van der Waals surface area (Å²) in [4.78, 5) is 12.6. The number of benzene rings is 2. The topological polar surface area (TPSA) is 17.1 Å². The molecule has 0 amide bonds. The fourth-order valence-corrected chi connectivity index (χ4v) is 4.19. The van der Waals surface area contributed by atoms with Crippen LogP contribution in [0.15, 0.2) is 53.0 Å². The van der Waals surface area contributed by atoms with Gasteiger partial charge in [0.2, 0.25) is 0 Å². The first-order valence-electron chi connectivity index (χ1n) is 7.59. The number of hydrogen-bond donors (Lipinski definition) is 0. The molecule has 3 atom stereocenters. The van der Waals surface area contributed by atoms with Gasteiger partial charge in [-0.3, -0.25) is 4.79 Å². The number of halogens is 1. The van der Waals surface area contributed by atoms with E-state index < -0.39 is 0 Å². The van der Waals surface area contributed by atoms with Crippen LogP contribution in [0.2, 0.25) is 0 Å². The van der Waals surface area contributed by atoms with Gasteiger partial charge in [-0.2, -0.15) is 0 Å². The summed E-state index contributed by atoms with van der Waals surface area (Å²) >= 11 is 3.44. The van der Waals surface area contributed by atoms with E-state index in [4.69, 9.17) is 0 Å². The third-order valence-corrected chi connectivity index (χ3v) is 5.52. The van der Waals surface area contributed by atoms with Crippen LogP contribution in [-0.2, 0) is 17.6 Å². The summed E-state index contributed by atoms with van der Waals surface area (Å²) in [5, 5.41) is 0. The van der Waals surface area contributed by atoms with E-state index in [1.165, 1.54) is 17.5 Å². The molecule has 2 aromatic rings. The number of carbonyl (C=O) groups excluding carboxylic acids is 1. The lowest BCUT2D eigenvalue weighted by molar-refractivity contribution is -0.120. The average Bonchev–Trinajstić information content (AvgIpc) is 3.25. The monoisotopic (exact) mass is 340 g/mol. The highest BCUT2D eigenvalue weighted by Crippen LogP contribution is 2.60. The molecule has 3 unspecified atom stereocenters. The van der Waals surface area contributed by atoms with Gasteiger partial charge >= 0.3 is 0 Å². The number of fused-ring (bicyclic) bond motifs is 3. The molecule has 2 aliphatic carbocycles. The third kappa shape index (κ3) is 2.36. The molecular weight excluding hydrogens is 324 g/mol. The lowest BCUT2D eigenvalue weighted by Gasteiger charge is -2.13. The normalized spacial score (nSPS) is 25.9. The number of rotatable bonds is 3. The molecule has 4 rings (SSSR count). The average molecular weight is 341 g/mol. The van der Waals surface area contributed by atoms with Crippen molar-refractivity contribution in [1.29, 1.82) is 0 Å². The van der Waals surface area contributed by atoms with Crippen molar-refractivity contribution in [3.63, 3.8) is 0 Å². The van der Waals surface area contributed by atoms with Crippen LogP contribution in [0.1, 0.15) is 29.0 Å². The van der Waals surface area contributed by atoms with E-state index in [9.17, 15) is 4.79 Å². The van der Waals surface area contributed by atoms with Crippen molar-refractivity contribution in [1.82, 2.24) is 0 Å². The summed E-state index contributed by atoms with van der Waals surface area (Å²) in [6.07, 6.45) is 2.89. The summed E-state index contributed by atoms with van der Waals surface area (Å²) in [6, 6.07) is 16.8. The van der Waals surface area contributed by atoms with Gasteiger partial charge in [0.25, 0.3) is 0 Å². The Hall–Kier alpha value is -1.41. The molecule has 106 valence electrons. The minimum Gasteiger partial charge on any atom is -0.299 e. The Bertz CT molecular complexity index is 689. The van der Waals surface area contributed by atoms with E-state index in [1.54, 1.807) is 0 Å². The van der Waals surface area contributed by atoms with Crippen LogP contribution in [0.3, 0.4) is 0 Å². The molecule has 1 nitrogen and oxygen atoms in total. The Morgan fingerprint density at radius 1 is 1.10 bits per heavy atom. The van der Waals surface area contributed by atoms with Crippen LogP contribution in [0, 0.1) is 11.8 Å². The highest BCUT2D eigenvalue weighted by atomic mass is 79.9. The molecule has 2 heteroatoms. The van der Waals surface area contributed by atoms with Crippen molar-refractivity contribution in [2.45, 2.75) is 25.2 Å². The molecule has 2 aromatic carbocycles. The van der Waals surface area contributed by atoms with Crippen molar-refractivity contribution in [3.8, 4) is 0 Å². The lowest BCUT2D eigenvalue weighted by Crippen LogP contribution is -2.07. The van der Waals surface area contributed by atoms with Crippen molar-refractivity contribution in [3.05, 3.63) is 69.7 Å². The largest absolute Gasteiger partial charge is 0.299 e. The van der Waals surface area contributed by atoms with Crippen LogP contribution in [0.25, 0.3) is 0 Å². The summed E-state index contributed by atoms with van der Waals surface area (Å²) < 4.78 is 1.06. The third-order valence-electron chi connectivity index (χ3n) is 4.99. The highest BCUT2D eigenvalue weighted by molar-refractivity contribution is 9.10. The first kappa shape index (κ1) is 13.3. The number of ketones is 1. The number of hydrogen-bond acceptors (Lipinski definition) is 1. The lowest BCUT2D eigenvalue weighted by atomic mass is 9.92. The molecule has 0 spiro atoms. The first-order chi connectivity index (χ1) is 10.2. The molecule has 1 fully saturated rings. The molecule has 0 heterocycles. The molecule has 1 saturated carbocycles. The van der Waals surface area contributed by atoms with Gasteiger partial charge in [0, 0.05) is 16.8 Å². The summed E-state index contributed by atoms with van der Waals surface area (Å²) in [5.74, 6) is 1.78. The Balaban J connectivity index is 1.52. The molecule has 0 N–H and O–H groups in total. The van der Waals surface area contributed by atoms with Crippen LogP contribution >= 0.6 is 15.9 Å². The van der Waals surface area contributed by atoms with E-state index in [0.717, 1.165) is 16.5 Å². The van der Waals surface area contributed by atoms with Crippen molar-refractivity contribution in [2.75, 3.05) is 0 Å². The van der Waals surface area contributed by atoms with Gasteiger partial charge in [-0.15, -0.1) is 0 Å². The fraction of sp³-hybridized carbons (Fsp3) is 0.316. The van der Waals surface area contributed by atoms with Crippen molar-refractivity contribution in [2.24, 2.45) is 11.8 Å². The minimum absolute atomic E-state index is 0.261. The van der Waals surface area contributed by atoms with E-state index in [1.807, 2.05) is 24.3 Å². The molecule has 0 aliphatic heterocycles. The maximum Gasteiger partial charge on any atom is 0.141 e. The van der Waals surface area contributed by atoms with Gasteiger partial charge < -0.3 is 0 Å². The van der Waals surface area contributed by atoms with Gasteiger partial charge in [0.05, 0.1) is 0 Å². The van der Waals surface area contributed by atoms with Crippen LogP contribution in [0.5, 0.6) is 0 Å². The smallest absolute Gasteiger partial charge is 0.141 e. The van der Waals surface area contributed by atoms with Gasteiger partial charge in [-0.25, -0.2) is 0 Å². The van der Waals surface area contributed by atoms with E-state index >= 15 is 0 Å². The van der Waals surface area contributed by atoms with Gasteiger partial charge in [0.1, 0.15) is 5.78 Å². The van der Waals surface area contributed by atoms with Gasteiger partial charge in [-0.1, -0.05) is 52.3 Å². The molecule has 0 aromatic heterocycles. The zero-order valence-corrected chi connectivity index (χ0v) is 13.3. The molecule has 0 radical (unpaired) electrons. The SMILES string of the molecule is O=C(Cc1ccc(Br)cc1)C1C2CCc3ccccc3C21. The number of aryl methyl sites for hydroxylation is 1. The Kier molecular flexibility index (Phi) is 3.22. The van der Waals surface area contributed by atoms with Crippen LogP contribution in [0.4, 0.5) is 0 Å². The molecular formula is C19H17BrO. The second-order valence-electron chi connectivity index (χ2n) is 6.22. The Morgan fingerprint density at radius 3 is 2.67 bits per heavy atom. The van der Waals surface area contributed by atoms with Gasteiger partial charge in [0.15, 0.2) is 0 Å². The van der Waals surface area contributed by atoms with E-state index in [2.05, 4.69) is 40.2 Å². The van der Waals surface area contributed by atoms with Crippen molar-refractivity contribution < 1.29 is 4.79 Å². The molecule has 2 aliphatic rings. The Labute approximate surface area is 133 Å². The Morgan fingerprint density at radius 2 is 1.86 bits per heavy atom. The number of Topliss-reactive ketones (excluding diaryl/α,β-unsaturated/α-hetero) is 1. The standard InChI is InChI=1S/C19H17BrO/c20-14-8-5-12(6-9-14)11-17(21)19-16-10-7-13-3-1-2-4-15(13)18(16)19/h1-6,8-9,16,18-19H,7,10-11H2. The maximum atomic E-state index is 12.6.